The molecule has 0 radical (unpaired) electrons. The van der Waals surface area contributed by atoms with Crippen LogP contribution in [0.5, 0.6) is 5.75 Å². The van der Waals surface area contributed by atoms with Gasteiger partial charge in [-0.25, -0.2) is 0 Å². The average Bonchev–Trinajstić information content (AvgIpc) is 2.16. The Bertz CT molecular complexity index is 457. The van der Waals surface area contributed by atoms with E-state index in [2.05, 4.69) is 0 Å². The average molecular weight is 223 g/mol. The molecule has 0 heterocycles. The van der Waals surface area contributed by atoms with Gasteiger partial charge in [0.1, 0.15) is 0 Å². The minimum absolute atomic E-state index is 0.0229. The molecule has 6 nitrogen and oxygen atoms in total. The van der Waals surface area contributed by atoms with E-state index >= 15 is 0 Å². The van der Waals surface area contributed by atoms with Crippen molar-refractivity contribution in [2.24, 2.45) is 0 Å². The van der Waals surface area contributed by atoms with Crippen LogP contribution in [0.2, 0.25) is 0 Å². The number of ketones is 2. The van der Waals surface area contributed by atoms with Crippen LogP contribution in [0.3, 0.4) is 0 Å². The SMILES string of the molecule is CC(=O)c1cc(C(C)=O)c(O)c([N+](=O)[O-])c1. The maximum atomic E-state index is 11.1. The molecule has 0 amide bonds. The van der Waals surface area contributed by atoms with Crippen LogP contribution >= 0.6 is 0 Å². The number of carbonyl (C=O) groups is 2. The van der Waals surface area contributed by atoms with Gasteiger partial charge in [-0.2, -0.15) is 0 Å². The Balaban J connectivity index is 3.57. The summed E-state index contributed by atoms with van der Waals surface area (Å²) in [6, 6.07) is 2.09. The van der Waals surface area contributed by atoms with Gasteiger partial charge in [-0.1, -0.05) is 0 Å². The predicted molar refractivity (Wildman–Crippen MR) is 54.8 cm³/mol. The van der Waals surface area contributed by atoms with Gasteiger partial charge < -0.3 is 5.11 Å². The first-order valence-corrected chi connectivity index (χ1v) is 4.38. The van der Waals surface area contributed by atoms with E-state index in [1.807, 2.05) is 0 Å². The van der Waals surface area contributed by atoms with Crippen LogP contribution in [0.15, 0.2) is 12.1 Å². The molecule has 1 N–H and O–H groups in total. The van der Waals surface area contributed by atoms with Gasteiger partial charge in [0.05, 0.1) is 10.5 Å². The number of carbonyl (C=O) groups excluding carboxylic acids is 2. The van der Waals surface area contributed by atoms with Crippen molar-refractivity contribution in [1.29, 1.82) is 0 Å². The molecule has 0 unspecified atom stereocenters. The van der Waals surface area contributed by atoms with Gasteiger partial charge in [-0.3, -0.25) is 19.7 Å². The molecule has 1 aromatic carbocycles. The van der Waals surface area contributed by atoms with Crippen molar-refractivity contribution in [3.05, 3.63) is 33.4 Å². The number of Topliss-reactive ketones (excluding diaryl/α,β-unsaturated/α-hetero) is 2. The number of benzene rings is 1. The second-order valence-corrected chi connectivity index (χ2v) is 3.26. The number of hydrogen-bond acceptors (Lipinski definition) is 5. The molecule has 0 aliphatic rings. The van der Waals surface area contributed by atoms with Crippen molar-refractivity contribution in [3.63, 3.8) is 0 Å². The minimum atomic E-state index is -0.839. The van der Waals surface area contributed by atoms with Gasteiger partial charge in [0, 0.05) is 11.6 Å². The van der Waals surface area contributed by atoms with Crippen LogP contribution in [-0.2, 0) is 0 Å². The second-order valence-electron chi connectivity index (χ2n) is 3.26. The van der Waals surface area contributed by atoms with Gasteiger partial charge in [0.2, 0.25) is 5.75 Å². The lowest BCUT2D eigenvalue weighted by atomic mass is 10.0. The lowest BCUT2D eigenvalue weighted by Crippen LogP contribution is -2.02. The van der Waals surface area contributed by atoms with Crippen LogP contribution in [0.1, 0.15) is 34.6 Å². The zero-order chi connectivity index (χ0) is 12.5. The monoisotopic (exact) mass is 223 g/mol. The van der Waals surface area contributed by atoms with Gasteiger partial charge in [0.25, 0.3) is 0 Å². The number of rotatable bonds is 3. The van der Waals surface area contributed by atoms with E-state index in [1.54, 1.807) is 0 Å². The van der Waals surface area contributed by atoms with Gasteiger partial charge >= 0.3 is 5.69 Å². The molecule has 0 fully saturated rings. The summed E-state index contributed by atoms with van der Waals surface area (Å²) in [5.74, 6) is -1.66. The summed E-state index contributed by atoms with van der Waals surface area (Å²) in [4.78, 5) is 32.0. The summed E-state index contributed by atoms with van der Waals surface area (Å²) in [6.45, 7) is 2.38. The highest BCUT2D eigenvalue weighted by Gasteiger charge is 2.22. The molecule has 0 saturated heterocycles. The maximum Gasteiger partial charge on any atom is 0.312 e. The number of phenolic OH excluding ortho intramolecular Hbond substituents is 1. The second kappa shape index (κ2) is 4.09. The third-order valence-corrected chi connectivity index (χ3v) is 2.07. The molecule has 0 bridgehead atoms. The Morgan fingerprint density at radius 1 is 1.25 bits per heavy atom. The Labute approximate surface area is 90.7 Å². The third kappa shape index (κ3) is 2.05. The van der Waals surface area contributed by atoms with Crippen molar-refractivity contribution in [2.75, 3.05) is 0 Å². The number of nitro benzene ring substituents is 1. The first kappa shape index (κ1) is 11.8. The molecule has 1 rings (SSSR count). The van der Waals surface area contributed by atoms with Crippen LogP contribution in [0.25, 0.3) is 0 Å². The van der Waals surface area contributed by atoms with Crippen molar-refractivity contribution in [1.82, 2.24) is 0 Å². The van der Waals surface area contributed by atoms with E-state index in [9.17, 15) is 24.8 Å². The van der Waals surface area contributed by atoms with Crippen LogP contribution in [0.4, 0.5) is 5.69 Å². The topological polar surface area (TPSA) is 97.5 Å². The molecule has 0 aromatic heterocycles. The largest absolute Gasteiger partial charge is 0.502 e. The summed E-state index contributed by atoms with van der Waals surface area (Å²) in [6.07, 6.45) is 0. The molecule has 0 saturated carbocycles. The van der Waals surface area contributed by atoms with Crippen LogP contribution in [0, 0.1) is 10.1 Å². The molecule has 84 valence electrons. The normalized spacial score (nSPS) is 9.88. The summed E-state index contributed by atoms with van der Waals surface area (Å²) in [5.41, 5.74) is -0.841. The van der Waals surface area contributed by atoms with E-state index in [0.29, 0.717) is 0 Å². The van der Waals surface area contributed by atoms with Crippen LogP contribution in [-0.4, -0.2) is 21.6 Å². The molecule has 6 heteroatoms. The van der Waals surface area contributed by atoms with Gasteiger partial charge in [-0.05, 0) is 19.9 Å². The quantitative estimate of drug-likeness (QED) is 0.477. The number of nitro groups is 1. The van der Waals surface area contributed by atoms with Crippen molar-refractivity contribution < 1.29 is 19.6 Å². The Hall–Kier alpha value is -2.24. The highest BCUT2D eigenvalue weighted by molar-refractivity contribution is 6.02. The van der Waals surface area contributed by atoms with Gasteiger partial charge in [0.15, 0.2) is 11.6 Å². The summed E-state index contributed by atoms with van der Waals surface area (Å²) in [5, 5.41) is 20.1. The first-order chi connectivity index (χ1) is 7.34. The first-order valence-electron chi connectivity index (χ1n) is 4.38. The maximum absolute atomic E-state index is 11.1. The van der Waals surface area contributed by atoms with Crippen molar-refractivity contribution in [2.45, 2.75) is 13.8 Å². The lowest BCUT2D eigenvalue weighted by molar-refractivity contribution is -0.385. The number of aromatic hydroxyl groups is 1. The van der Waals surface area contributed by atoms with Crippen molar-refractivity contribution >= 4 is 17.3 Å². The standard InChI is InChI=1S/C10H9NO5/c1-5(12)7-3-8(6(2)13)10(14)9(4-7)11(15)16/h3-4,14H,1-2H3. The zero-order valence-corrected chi connectivity index (χ0v) is 8.68. The van der Waals surface area contributed by atoms with E-state index in [4.69, 9.17) is 0 Å². The summed E-state index contributed by atoms with van der Waals surface area (Å²) in [7, 11) is 0. The number of nitrogens with zero attached hydrogens (tertiary/aromatic N) is 1. The molecule has 1 aromatic rings. The fourth-order valence-corrected chi connectivity index (χ4v) is 1.23. The molecular formula is C10H9NO5. The van der Waals surface area contributed by atoms with E-state index in [1.165, 1.54) is 6.92 Å². The summed E-state index contributed by atoms with van der Waals surface area (Å²) >= 11 is 0. The van der Waals surface area contributed by atoms with Crippen molar-refractivity contribution in [3.8, 4) is 5.75 Å². The lowest BCUT2D eigenvalue weighted by Gasteiger charge is -2.04. The van der Waals surface area contributed by atoms with Crippen LogP contribution < -0.4 is 0 Å². The predicted octanol–water partition coefficient (Wildman–Crippen LogP) is 1.71. The molecular weight excluding hydrogens is 214 g/mol. The fraction of sp³-hybridized carbons (Fsp3) is 0.200. The number of hydrogen-bond donors (Lipinski definition) is 1. The summed E-state index contributed by atoms with van der Waals surface area (Å²) < 4.78 is 0. The highest BCUT2D eigenvalue weighted by Crippen LogP contribution is 2.31. The van der Waals surface area contributed by atoms with E-state index in [-0.39, 0.29) is 11.1 Å². The minimum Gasteiger partial charge on any atom is -0.502 e. The highest BCUT2D eigenvalue weighted by atomic mass is 16.6. The number of phenols is 1. The van der Waals surface area contributed by atoms with E-state index < -0.39 is 27.9 Å². The molecule has 0 atom stereocenters. The van der Waals surface area contributed by atoms with Gasteiger partial charge in [-0.15, -0.1) is 0 Å². The fourth-order valence-electron chi connectivity index (χ4n) is 1.23. The molecule has 0 spiro atoms. The molecule has 16 heavy (non-hydrogen) atoms. The third-order valence-electron chi connectivity index (χ3n) is 2.07. The molecule has 0 aliphatic carbocycles. The molecule has 0 aliphatic heterocycles. The Morgan fingerprint density at radius 3 is 2.19 bits per heavy atom. The Morgan fingerprint density at radius 2 is 1.81 bits per heavy atom. The smallest absolute Gasteiger partial charge is 0.312 e. The Kier molecular flexibility index (Phi) is 3.03. The zero-order valence-electron chi connectivity index (χ0n) is 8.68. The van der Waals surface area contributed by atoms with E-state index in [0.717, 1.165) is 19.1 Å².